The lowest BCUT2D eigenvalue weighted by molar-refractivity contribution is -0.150. The van der Waals surface area contributed by atoms with Crippen molar-refractivity contribution >= 4 is 29.5 Å². The van der Waals surface area contributed by atoms with E-state index in [1.807, 2.05) is 0 Å². The zero-order chi connectivity index (χ0) is 21.7. The highest BCUT2D eigenvalue weighted by atomic mass is 16.5. The van der Waals surface area contributed by atoms with Gasteiger partial charge in [-0.1, -0.05) is 0 Å². The van der Waals surface area contributed by atoms with Crippen molar-refractivity contribution in [3.05, 3.63) is 22.5 Å². The molecular weight excluding hydrogens is 378 g/mol. The monoisotopic (exact) mass is 403 g/mol. The molecule has 1 aromatic rings. The standard InChI is InChI=1S/C20H25N3O6/c1-9-15(11(3)24)10(2)21-16(9)17(26)12(4)29-14(25)8-23-18(27)20(5,13-6-7-13)22-19(23)28/h12-13,21H,6-8H2,1-5H3,(H,22,28)/t12-,20-/m0/s1. The molecule has 0 bridgehead atoms. The molecule has 1 aliphatic heterocycles. The Morgan fingerprint density at radius 3 is 2.38 bits per heavy atom. The van der Waals surface area contributed by atoms with Gasteiger partial charge in [0.05, 0.1) is 5.69 Å². The summed E-state index contributed by atoms with van der Waals surface area (Å²) in [6, 6.07) is -0.637. The van der Waals surface area contributed by atoms with Gasteiger partial charge in [0.25, 0.3) is 5.91 Å². The number of H-pyrrole nitrogens is 1. The van der Waals surface area contributed by atoms with Gasteiger partial charge in [0, 0.05) is 11.3 Å². The molecule has 0 radical (unpaired) electrons. The van der Waals surface area contributed by atoms with Crippen molar-refractivity contribution in [3.63, 3.8) is 0 Å². The first kappa shape index (κ1) is 20.8. The van der Waals surface area contributed by atoms with Crippen LogP contribution in [0.5, 0.6) is 0 Å². The Bertz CT molecular complexity index is 929. The second-order valence-electron chi connectivity index (χ2n) is 7.98. The molecule has 29 heavy (non-hydrogen) atoms. The Hall–Kier alpha value is -2.97. The van der Waals surface area contributed by atoms with E-state index in [0.29, 0.717) is 16.8 Å². The van der Waals surface area contributed by atoms with Gasteiger partial charge in [-0.3, -0.25) is 24.1 Å². The number of ether oxygens (including phenoxy) is 1. The number of carbonyl (C=O) groups excluding carboxylic acids is 5. The van der Waals surface area contributed by atoms with Crippen LogP contribution in [0, 0.1) is 19.8 Å². The topological polar surface area (TPSA) is 126 Å². The molecule has 156 valence electrons. The van der Waals surface area contributed by atoms with Crippen LogP contribution in [0.1, 0.15) is 65.7 Å². The number of Topliss-reactive ketones (excluding diaryl/α,β-unsaturated/α-hetero) is 2. The molecule has 0 aromatic carbocycles. The zero-order valence-electron chi connectivity index (χ0n) is 17.2. The number of aromatic amines is 1. The summed E-state index contributed by atoms with van der Waals surface area (Å²) < 4.78 is 5.17. The van der Waals surface area contributed by atoms with Crippen LogP contribution in [0.15, 0.2) is 0 Å². The summed E-state index contributed by atoms with van der Waals surface area (Å²) in [5, 5.41) is 2.65. The number of carbonyl (C=O) groups is 5. The minimum absolute atomic E-state index is 0.0787. The van der Waals surface area contributed by atoms with E-state index in [4.69, 9.17) is 4.74 Å². The lowest BCUT2D eigenvalue weighted by Gasteiger charge is -2.21. The number of hydrogen-bond donors (Lipinski definition) is 2. The molecule has 2 heterocycles. The van der Waals surface area contributed by atoms with Gasteiger partial charge in [-0.2, -0.15) is 0 Å². The smallest absolute Gasteiger partial charge is 0.326 e. The number of amides is 3. The molecule has 9 nitrogen and oxygen atoms in total. The lowest BCUT2D eigenvalue weighted by Crippen LogP contribution is -2.46. The highest BCUT2D eigenvalue weighted by Crippen LogP contribution is 2.42. The molecule has 2 aliphatic rings. The number of ketones is 2. The molecule has 1 aromatic heterocycles. The van der Waals surface area contributed by atoms with E-state index in [1.165, 1.54) is 13.8 Å². The molecule has 2 fully saturated rings. The highest BCUT2D eigenvalue weighted by Gasteiger charge is 2.56. The number of aromatic nitrogens is 1. The molecule has 0 unspecified atom stereocenters. The van der Waals surface area contributed by atoms with Crippen LogP contribution in [0.25, 0.3) is 0 Å². The Balaban J connectivity index is 1.66. The van der Waals surface area contributed by atoms with Gasteiger partial charge in [0.1, 0.15) is 12.1 Å². The molecule has 1 aliphatic carbocycles. The molecule has 9 heteroatoms. The number of hydrogen-bond acceptors (Lipinski definition) is 6. The van der Waals surface area contributed by atoms with Crippen LogP contribution in [0.2, 0.25) is 0 Å². The summed E-state index contributed by atoms with van der Waals surface area (Å²) in [4.78, 5) is 65.1. The fourth-order valence-electron chi connectivity index (χ4n) is 3.94. The van der Waals surface area contributed by atoms with E-state index < -0.39 is 41.9 Å². The number of aryl methyl sites for hydroxylation is 1. The average molecular weight is 403 g/mol. The number of urea groups is 1. The zero-order valence-corrected chi connectivity index (χ0v) is 17.2. The van der Waals surface area contributed by atoms with Gasteiger partial charge in [0.2, 0.25) is 5.78 Å². The molecule has 3 rings (SSSR count). The van der Waals surface area contributed by atoms with E-state index in [1.54, 1.807) is 20.8 Å². The SMILES string of the molecule is CC(=O)c1c(C)[nH]c(C(=O)[C@H](C)OC(=O)CN2C(=O)N[C@@](C)(C3CC3)C2=O)c1C. The van der Waals surface area contributed by atoms with Crippen LogP contribution < -0.4 is 5.32 Å². The molecule has 1 saturated heterocycles. The minimum Gasteiger partial charge on any atom is -0.453 e. The number of nitrogens with one attached hydrogen (secondary N) is 2. The third-order valence-corrected chi connectivity index (χ3v) is 5.70. The van der Waals surface area contributed by atoms with Gasteiger partial charge >= 0.3 is 12.0 Å². The van der Waals surface area contributed by atoms with Crippen molar-refractivity contribution in [3.8, 4) is 0 Å². The maximum absolute atomic E-state index is 12.7. The first-order valence-electron chi connectivity index (χ1n) is 9.55. The van der Waals surface area contributed by atoms with Crippen molar-refractivity contribution in [2.75, 3.05) is 6.54 Å². The van der Waals surface area contributed by atoms with Gasteiger partial charge < -0.3 is 15.0 Å². The Labute approximate surface area is 168 Å². The Morgan fingerprint density at radius 1 is 1.24 bits per heavy atom. The fourth-order valence-corrected chi connectivity index (χ4v) is 3.94. The molecule has 3 amide bonds. The number of imide groups is 1. The summed E-state index contributed by atoms with van der Waals surface area (Å²) in [5.74, 6) is -1.90. The van der Waals surface area contributed by atoms with Crippen LogP contribution in [-0.2, 0) is 14.3 Å². The maximum atomic E-state index is 12.7. The third-order valence-electron chi connectivity index (χ3n) is 5.70. The number of rotatable bonds is 7. The Kier molecular flexibility index (Phi) is 5.10. The highest BCUT2D eigenvalue weighted by molar-refractivity contribution is 6.09. The largest absolute Gasteiger partial charge is 0.453 e. The minimum atomic E-state index is -1.14. The predicted octanol–water partition coefficient (Wildman–Crippen LogP) is 1.67. The summed E-state index contributed by atoms with van der Waals surface area (Å²) >= 11 is 0. The van der Waals surface area contributed by atoms with E-state index in [2.05, 4.69) is 10.3 Å². The Morgan fingerprint density at radius 2 is 1.86 bits per heavy atom. The van der Waals surface area contributed by atoms with Crippen molar-refractivity contribution in [1.82, 2.24) is 15.2 Å². The van der Waals surface area contributed by atoms with Gasteiger partial charge in [-0.05, 0) is 58.9 Å². The molecule has 2 atom stereocenters. The summed E-state index contributed by atoms with van der Waals surface area (Å²) in [6.07, 6.45) is 0.558. The number of esters is 1. The van der Waals surface area contributed by atoms with E-state index in [9.17, 15) is 24.0 Å². The van der Waals surface area contributed by atoms with Crippen LogP contribution >= 0.6 is 0 Å². The molecule has 0 spiro atoms. The van der Waals surface area contributed by atoms with Gasteiger partial charge in [-0.15, -0.1) is 0 Å². The normalized spacial score (nSPS) is 22.4. The van der Waals surface area contributed by atoms with Gasteiger partial charge in [-0.25, -0.2) is 4.79 Å². The van der Waals surface area contributed by atoms with E-state index in [0.717, 1.165) is 17.7 Å². The van der Waals surface area contributed by atoms with Crippen LogP contribution in [-0.4, -0.2) is 57.5 Å². The first-order valence-corrected chi connectivity index (χ1v) is 9.55. The van der Waals surface area contributed by atoms with E-state index >= 15 is 0 Å². The number of nitrogens with zero attached hydrogens (tertiary/aromatic N) is 1. The second-order valence-corrected chi connectivity index (χ2v) is 7.98. The van der Waals surface area contributed by atoms with Crippen molar-refractivity contribution in [2.24, 2.45) is 5.92 Å². The third kappa shape index (κ3) is 3.56. The van der Waals surface area contributed by atoms with Crippen molar-refractivity contribution in [2.45, 2.75) is 59.1 Å². The maximum Gasteiger partial charge on any atom is 0.326 e. The summed E-state index contributed by atoms with van der Waals surface area (Å²) in [6.45, 7) is 7.24. The van der Waals surface area contributed by atoms with Crippen molar-refractivity contribution in [1.29, 1.82) is 0 Å². The lowest BCUT2D eigenvalue weighted by atomic mass is 9.96. The summed E-state index contributed by atoms with van der Waals surface area (Å²) in [5.41, 5.74) is 0.712. The summed E-state index contributed by atoms with van der Waals surface area (Å²) in [7, 11) is 0. The van der Waals surface area contributed by atoms with Crippen LogP contribution in [0.3, 0.4) is 0 Å². The second kappa shape index (κ2) is 7.13. The van der Waals surface area contributed by atoms with Gasteiger partial charge in [0.15, 0.2) is 11.9 Å². The van der Waals surface area contributed by atoms with Crippen LogP contribution in [0.4, 0.5) is 4.79 Å². The first-order chi connectivity index (χ1) is 13.5. The molecule has 1 saturated carbocycles. The molecular formula is C20H25N3O6. The van der Waals surface area contributed by atoms with E-state index in [-0.39, 0.29) is 17.4 Å². The fraction of sp³-hybridized carbons (Fsp3) is 0.550. The average Bonchev–Trinajstić information content (AvgIpc) is 3.40. The quantitative estimate of drug-likeness (QED) is 0.405. The van der Waals surface area contributed by atoms with Crippen molar-refractivity contribution < 1.29 is 28.7 Å². The molecule has 2 N–H and O–H groups in total. The predicted molar refractivity (Wildman–Crippen MR) is 102 cm³/mol.